The number of nitrogen functional groups attached to an aromatic ring is 1. The Morgan fingerprint density at radius 2 is 2.04 bits per heavy atom. The van der Waals surface area contributed by atoms with E-state index in [1.807, 2.05) is 26.4 Å². The van der Waals surface area contributed by atoms with Gasteiger partial charge >= 0.3 is 0 Å². The smallest absolute Gasteiger partial charge is 0.260 e. The average Bonchev–Trinajstić information content (AvgIpc) is 3.25. The molecule has 4 aromatic heterocycles. The highest BCUT2D eigenvalue weighted by atomic mass is 35.5. The number of thiazole rings is 1. The first-order valence-electron chi connectivity index (χ1n) is 7.51. The molecule has 0 aromatic carbocycles. The van der Waals surface area contributed by atoms with Gasteiger partial charge in [-0.1, -0.05) is 0 Å². The van der Waals surface area contributed by atoms with E-state index in [1.54, 1.807) is 33.9 Å². The van der Waals surface area contributed by atoms with Crippen molar-refractivity contribution in [1.82, 2.24) is 24.4 Å². The Morgan fingerprint density at radius 1 is 1.23 bits per heavy atom. The number of nitrogens with zero attached hydrogens (tertiary/aromatic N) is 5. The lowest BCUT2D eigenvalue weighted by Gasteiger charge is -2.07. The molecule has 0 atom stereocenters. The lowest BCUT2D eigenvalue weighted by Crippen LogP contribution is -2.13. The van der Waals surface area contributed by atoms with E-state index >= 15 is 0 Å². The van der Waals surface area contributed by atoms with Gasteiger partial charge in [-0.3, -0.25) is 14.5 Å². The molecule has 0 saturated heterocycles. The van der Waals surface area contributed by atoms with Gasteiger partial charge in [-0.05, 0) is 13.0 Å². The van der Waals surface area contributed by atoms with E-state index in [0.29, 0.717) is 22.6 Å². The first-order chi connectivity index (χ1) is 12.0. The van der Waals surface area contributed by atoms with Crippen molar-refractivity contribution in [2.75, 3.05) is 11.1 Å². The monoisotopic (exact) mass is 389 g/mol. The maximum atomic E-state index is 12.7. The van der Waals surface area contributed by atoms with Gasteiger partial charge in [0.15, 0.2) is 0 Å². The highest BCUT2D eigenvalue weighted by molar-refractivity contribution is 7.21. The summed E-state index contributed by atoms with van der Waals surface area (Å²) >= 11 is 1.49. The molecule has 4 heterocycles. The zero-order valence-corrected chi connectivity index (χ0v) is 15.6. The van der Waals surface area contributed by atoms with Crippen LogP contribution in [0, 0.1) is 6.92 Å². The summed E-state index contributed by atoms with van der Waals surface area (Å²) in [7, 11) is 1.86. The zero-order chi connectivity index (χ0) is 17.6. The Morgan fingerprint density at radius 3 is 2.77 bits per heavy atom. The van der Waals surface area contributed by atoms with Crippen LogP contribution in [-0.4, -0.2) is 30.3 Å². The number of carbonyl (C=O) groups excluding carboxylic acids is 1. The van der Waals surface area contributed by atoms with Crippen LogP contribution >= 0.6 is 23.7 Å². The second kappa shape index (κ2) is 6.77. The third kappa shape index (κ3) is 3.14. The third-order valence-corrected chi connectivity index (χ3v) is 4.95. The van der Waals surface area contributed by atoms with Gasteiger partial charge < -0.3 is 11.1 Å². The van der Waals surface area contributed by atoms with Crippen LogP contribution in [0.25, 0.3) is 15.3 Å². The van der Waals surface area contributed by atoms with Crippen LogP contribution in [-0.2, 0) is 7.05 Å². The predicted octanol–water partition coefficient (Wildman–Crippen LogP) is 2.76. The van der Waals surface area contributed by atoms with Gasteiger partial charge in [0.25, 0.3) is 5.91 Å². The number of amides is 1. The summed E-state index contributed by atoms with van der Waals surface area (Å²) in [5.74, 6) is -0.245. The van der Waals surface area contributed by atoms with Crippen LogP contribution in [0.3, 0.4) is 0 Å². The van der Waals surface area contributed by atoms with Crippen LogP contribution in [0.15, 0.2) is 37.1 Å². The number of anilines is 2. The number of nitrogens with one attached hydrogen (secondary N) is 1. The number of nitrogens with two attached hydrogens (primary N) is 1. The van der Waals surface area contributed by atoms with Crippen LogP contribution in [0.5, 0.6) is 0 Å². The number of fused-ring (bicyclic) bond motifs is 1. The number of aromatic nitrogens is 5. The fraction of sp³-hybridized carbons (Fsp3) is 0.125. The average molecular weight is 390 g/mol. The lowest BCUT2D eigenvalue weighted by molar-refractivity contribution is 0.102. The summed E-state index contributed by atoms with van der Waals surface area (Å²) in [6.07, 6.45) is 8.71. The molecule has 4 rings (SSSR count). The Hall–Kier alpha value is -2.91. The van der Waals surface area contributed by atoms with E-state index < -0.39 is 0 Å². The molecule has 1 amide bonds. The first-order valence-corrected chi connectivity index (χ1v) is 8.32. The van der Waals surface area contributed by atoms with Gasteiger partial charge in [0, 0.05) is 25.0 Å². The molecule has 0 aliphatic rings. The maximum absolute atomic E-state index is 12.7. The number of pyridine rings is 1. The molecule has 0 aliphatic heterocycles. The molecule has 0 bridgehead atoms. The molecule has 0 spiro atoms. The first kappa shape index (κ1) is 17.9. The third-order valence-electron chi connectivity index (χ3n) is 3.79. The maximum Gasteiger partial charge on any atom is 0.260 e. The fourth-order valence-electron chi connectivity index (χ4n) is 2.49. The predicted molar refractivity (Wildman–Crippen MR) is 104 cm³/mol. The van der Waals surface area contributed by atoms with Crippen molar-refractivity contribution < 1.29 is 4.79 Å². The molecule has 26 heavy (non-hydrogen) atoms. The van der Waals surface area contributed by atoms with Crippen LogP contribution in [0.2, 0.25) is 0 Å². The van der Waals surface area contributed by atoms with Crippen molar-refractivity contribution in [3.8, 4) is 10.4 Å². The van der Waals surface area contributed by atoms with Crippen molar-refractivity contribution in [1.29, 1.82) is 0 Å². The van der Waals surface area contributed by atoms with E-state index in [2.05, 4.69) is 20.5 Å². The lowest BCUT2D eigenvalue weighted by atomic mass is 10.2. The van der Waals surface area contributed by atoms with E-state index in [-0.39, 0.29) is 18.3 Å². The Balaban J connectivity index is 0.00000196. The minimum atomic E-state index is -0.245. The summed E-state index contributed by atoms with van der Waals surface area (Å²) in [6, 6.07) is 1.69. The van der Waals surface area contributed by atoms with Gasteiger partial charge in [-0.25, -0.2) is 4.52 Å². The number of hydrogen-bond acceptors (Lipinski definition) is 6. The van der Waals surface area contributed by atoms with Crippen molar-refractivity contribution >= 4 is 45.9 Å². The van der Waals surface area contributed by atoms with Crippen molar-refractivity contribution in [3.05, 3.63) is 48.3 Å². The summed E-state index contributed by atoms with van der Waals surface area (Å²) in [6.45, 7) is 1.81. The molecule has 0 saturated carbocycles. The molecule has 0 aliphatic carbocycles. The standard InChI is InChI=1S/C16H15N7OS.ClH/c1-9-13(3-11(17)5-18-9)21-15(24)12-6-20-23-8-14(25-16(12)23)10-4-19-22(2)7-10;/h3-8H,17H2,1-2H3,(H,21,24);1H. The molecule has 0 radical (unpaired) electrons. The minimum absolute atomic E-state index is 0. The second-order valence-corrected chi connectivity index (χ2v) is 6.69. The van der Waals surface area contributed by atoms with Crippen LogP contribution < -0.4 is 11.1 Å². The van der Waals surface area contributed by atoms with Gasteiger partial charge in [-0.2, -0.15) is 10.2 Å². The number of hydrogen-bond donors (Lipinski definition) is 2. The number of aryl methyl sites for hydroxylation is 2. The molecular formula is C16H16ClN7OS. The topological polar surface area (TPSA) is 103 Å². The van der Waals surface area contributed by atoms with Crippen molar-refractivity contribution in [2.24, 2.45) is 7.05 Å². The SMILES string of the molecule is Cc1ncc(N)cc1NC(=O)c1cnn2cc(-c3cnn(C)c3)sc12.Cl. The Labute approximate surface area is 159 Å². The van der Waals surface area contributed by atoms with Crippen LogP contribution in [0.1, 0.15) is 16.1 Å². The van der Waals surface area contributed by atoms with Gasteiger partial charge in [0.1, 0.15) is 4.83 Å². The summed E-state index contributed by atoms with van der Waals surface area (Å²) in [5.41, 5.74) is 9.02. The summed E-state index contributed by atoms with van der Waals surface area (Å²) < 4.78 is 3.44. The number of halogens is 1. The summed E-state index contributed by atoms with van der Waals surface area (Å²) in [5, 5.41) is 11.3. The fourth-order valence-corrected chi connectivity index (χ4v) is 3.52. The quantitative estimate of drug-likeness (QED) is 0.560. The van der Waals surface area contributed by atoms with E-state index in [9.17, 15) is 4.79 Å². The van der Waals surface area contributed by atoms with E-state index in [1.165, 1.54) is 11.3 Å². The molecule has 0 unspecified atom stereocenters. The normalized spacial score (nSPS) is 10.7. The molecule has 8 nitrogen and oxygen atoms in total. The van der Waals surface area contributed by atoms with E-state index in [0.717, 1.165) is 15.3 Å². The van der Waals surface area contributed by atoms with Gasteiger partial charge in [0.05, 0.1) is 46.1 Å². The van der Waals surface area contributed by atoms with Crippen molar-refractivity contribution in [3.63, 3.8) is 0 Å². The van der Waals surface area contributed by atoms with Gasteiger partial charge in [0.2, 0.25) is 0 Å². The summed E-state index contributed by atoms with van der Waals surface area (Å²) in [4.78, 5) is 18.6. The number of rotatable bonds is 3. The highest BCUT2D eigenvalue weighted by Gasteiger charge is 2.17. The Kier molecular flexibility index (Phi) is 4.66. The molecule has 134 valence electrons. The second-order valence-electron chi connectivity index (χ2n) is 5.66. The highest BCUT2D eigenvalue weighted by Crippen LogP contribution is 2.30. The number of carbonyl (C=O) groups is 1. The minimum Gasteiger partial charge on any atom is -0.397 e. The zero-order valence-electron chi connectivity index (χ0n) is 14.0. The van der Waals surface area contributed by atoms with Crippen LogP contribution in [0.4, 0.5) is 11.4 Å². The van der Waals surface area contributed by atoms with Crippen molar-refractivity contribution in [2.45, 2.75) is 6.92 Å². The van der Waals surface area contributed by atoms with Gasteiger partial charge in [-0.15, -0.1) is 23.7 Å². The molecule has 0 fully saturated rings. The molecule has 3 N–H and O–H groups in total. The molecule has 10 heteroatoms. The van der Waals surface area contributed by atoms with E-state index in [4.69, 9.17) is 5.73 Å². The largest absolute Gasteiger partial charge is 0.397 e. The Bertz CT molecular complexity index is 1100. The molecule has 4 aromatic rings. The molecular weight excluding hydrogens is 374 g/mol.